The largest absolute Gasteiger partial charge is 0.255 e. The molecule has 2 heterocycles. The summed E-state index contributed by atoms with van der Waals surface area (Å²) in [5.74, 6) is 0. The molecule has 0 aliphatic carbocycles. The van der Waals surface area contributed by atoms with Gasteiger partial charge in [-0.25, -0.2) is 4.68 Å². The summed E-state index contributed by atoms with van der Waals surface area (Å²) < 4.78 is 1.98. The molecule has 0 spiro atoms. The first-order chi connectivity index (χ1) is 13.2. The maximum Gasteiger partial charge on any atom is 0.102 e. The average molecular weight is 370 g/mol. The Morgan fingerprint density at radius 1 is 0.852 bits per heavy atom. The van der Waals surface area contributed by atoms with Crippen molar-refractivity contribution in [2.45, 2.75) is 6.92 Å². The number of benzene rings is 3. The van der Waals surface area contributed by atoms with Crippen LogP contribution in [0.1, 0.15) is 5.56 Å². The minimum absolute atomic E-state index is 0.732. The van der Waals surface area contributed by atoms with Gasteiger partial charge in [0.15, 0.2) is 0 Å². The second kappa shape index (κ2) is 6.22. The molecule has 0 aliphatic heterocycles. The number of hydrogen-bond donors (Lipinski definition) is 0. The maximum atomic E-state index is 6.40. The van der Waals surface area contributed by atoms with E-state index < -0.39 is 0 Å². The van der Waals surface area contributed by atoms with Gasteiger partial charge < -0.3 is 0 Å². The average Bonchev–Trinajstić information content (AvgIpc) is 3.11. The fourth-order valence-electron chi connectivity index (χ4n) is 3.44. The predicted molar refractivity (Wildman–Crippen MR) is 112 cm³/mol. The van der Waals surface area contributed by atoms with Gasteiger partial charge in [-0.3, -0.25) is 4.98 Å². The van der Waals surface area contributed by atoms with E-state index >= 15 is 0 Å². The lowest BCUT2D eigenvalue weighted by atomic mass is 10.1. The molecule has 0 amide bonds. The van der Waals surface area contributed by atoms with Crippen molar-refractivity contribution >= 4 is 33.4 Å². The molecule has 5 rings (SSSR count). The highest BCUT2D eigenvalue weighted by Crippen LogP contribution is 2.34. The van der Waals surface area contributed by atoms with E-state index in [1.807, 2.05) is 66.3 Å². The van der Waals surface area contributed by atoms with Gasteiger partial charge >= 0.3 is 0 Å². The summed E-state index contributed by atoms with van der Waals surface area (Å²) >= 11 is 6.40. The van der Waals surface area contributed by atoms with Crippen LogP contribution in [0.3, 0.4) is 0 Å². The molecule has 0 radical (unpaired) electrons. The fourth-order valence-corrected chi connectivity index (χ4v) is 3.62. The van der Waals surface area contributed by atoms with Crippen LogP contribution in [0.5, 0.6) is 0 Å². The number of para-hydroxylation sites is 1. The quantitative estimate of drug-likeness (QED) is 0.370. The number of fused-ring (bicyclic) bond motifs is 3. The van der Waals surface area contributed by atoms with Crippen molar-refractivity contribution in [3.63, 3.8) is 0 Å². The Hall–Kier alpha value is -3.17. The molecule has 27 heavy (non-hydrogen) atoms. The molecule has 0 N–H and O–H groups in total. The van der Waals surface area contributed by atoms with Crippen molar-refractivity contribution in [2.24, 2.45) is 0 Å². The minimum Gasteiger partial charge on any atom is -0.255 e. The highest BCUT2D eigenvalue weighted by molar-refractivity contribution is 6.31. The highest BCUT2D eigenvalue weighted by atomic mass is 35.5. The van der Waals surface area contributed by atoms with Gasteiger partial charge in [-0.2, -0.15) is 5.10 Å². The molecule has 5 aromatic rings. The zero-order valence-electron chi connectivity index (χ0n) is 14.7. The third-order valence-electron chi connectivity index (χ3n) is 4.86. The zero-order chi connectivity index (χ0) is 18.4. The third kappa shape index (κ3) is 2.59. The predicted octanol–water partition coefficient (Wildman–Crippen LogP) is 6.20. The first-order valence-corrected chi connectivity index (χ1v) is 9.18. The van der Waals surface area contributed by atoms with E-state index in [0.717, 1.165) is 49.3 Å². The molecule has 4 heteroatoms. The number of halogens is 1. The van der Waals surface area contributed by atoms with Crippen molar-refractivity contribution in [2.75, 3.05) is 0 Å². The fraction of sp³-hybridized carbons (Fsp3) is 0.0435. The number of pyridine rings is 1. The molecule has 130 valence electrons. The molecule has 3 aromatic carbocycles. The van der Waals surface area contributed by atoms with Crippen molar-refractivity contribution in [1.29, 1.82) is 0 Å². The van der Waals surface area contributed by atoms with Crippen molar-refractivity contribution < 1.29 is 0 Å². The number of aryl methyl sites for hydroxylation is 1. The molecular weight excluding hydrogens is 354 g/mol. The monoisotopic (exact) mass is 369 g/mol. The first kappa shape index (κ1) is 16.0. The summed E-state index contributed by atoms with van der Waals surface area (Å²) in [4.78, 5) is 4.65. The lowest BCUT2D eigenvalue weighted by Crippen LogP contribution is -1.97. The van der Waals surface area contributed by atoms with E-state index in [0.29, 0.717) is 0 Å². The summed E-state index contributed by atoms with van der Waals surface area (Å²) in [5, 5.41) is 7.80. The molecule has 0 fully saturated rings. The van der Waals surface area contributed by atoms with E-state index in [-0.39, 0.29) is 0 Å². The summed E-state index contributed by atoms with van der Waals surface area (Å²) in [6.45, 7) is 2.00. The lowest BCUT2D eigenvalue weighted by Gasteiger charge is -2.07. The second-order valence-corrected chi connectivity index (χ2v) is 7.00. The van der Waals surface area contributed by atoms with Crippen LogP contribution >= 0.6 is 11.6 Å². The summed E-state index contributed by atoms with van der Waals surface area (Å²) in [5.41, 5.74) is 5.96. The summed E-state index contributed by atoms with van der Waals surface area (Å²) in [6.07, 6.45) is 1.92. The van der Waals surface area contributed by atoms with Gasteiger partial charge in [0, 0.05) is 27.6 Å². The first-order valence-electron chi connectivity index (χ1n) is 8.81. The highest BCUT2D eigenvalue weighted by Gasteiger charge is 2.17. The van der Waals surface area contributed by atoms with Crippen molar-refractivity contribution in [1.82, 2.24) is 14.8 Å². The van der Waals surface area contributed by atoms with E-state index in [1.54, 1.807) is 0 Å². The molecule has 0 saturated carbocycles. The molecular formula is C23H16ClN3. The molecule has 0 unspecified atom stereocenters. The van der Waals surface area contributed by atoms with Gasteiger partial charge in [0.2, 0.25) is 0 Å². The summed E-state index contributed by atoms with van der Waals surface area (Å²) in [6, 6.07) is 24.4. The van der Waals surface area contributed by atoms with Gasteiger partial charge in [0.25, 0.3) is 0 Å². The zero-order valence-corrected chi connectivity index (χ0v) is 15.5. The van der Waals surface area contributed by atoms with E-state index in [9.17, 15) is 0 Å². The van der Waals surface area contributed by atoms with Gasteiger partial charge in [-0.15, -0.1) is 0 Å². The van der Waals surface area contributed by atoms with Crippen LogP contribution in [0.25, 0.3) is 38.8 Å². The maximum absolute atomic E-state index is 6.40. The lowest BCUT2D eigenvalue weighted by molar-refractivity contribution is 0.917. The molecule has 3 nitrogen and oxygen atoms in total. The van der Waals surface area contributed by atoms with E-state index in [2.05, 4.69) is 29.2 Å². The van der Waals surface area contributed by atoms with Crippen LogP contribution in [-0.4, -0.2) is 14.8 Å². The third-order valence-corrected chi connectivity index (χ3v) is 5.27. The van der Waals surface area contributed by atoms with E-state index in [1.165, 1.54) is 0 Å². The van der Waals surface area contributed by atoms with Crippen LogP contribution in [0.15, 0.2) is 79.0 Å². The van der Waals surface area contributed by atoms with Gasteiger partial charge in [0.05, 0.1) is 16.7 Å². The Kier molecular flexibility index (Phi) is 3.69. The van der Waals surface area contributed by atoms with Crippen molar-refractivity contribution in [3.8, 4) is 16.9 Å². The van der Waals surface area contributed by atoms with Crippen LogP contribution in [0.4, 0.5) is 0 Å². The van der Waals surface area contributed by atoms with Crippen LogP contribution in [-0.2, 0) is 0 Å². The summed E-state index contributed by atoms with van der Waals surface area (Å²) in [7, 11) is 0. The Morgan fingerprint density at radius 3 is 2.44 bits per heavy atom. The van der Waals surface area contributed by atoms with Crippen LogP contribution < -0.4 is 0 Å². The standard InChI is InChI=1S/C23H16ClN3/c1-15-11-12-17(13-20(15)24)27-23-18-9-5-6-10-21(18)25-14-19(23)22(26-27)16-7-3-2-4-8-16/h2-14H,1H3. The van der Waals surface area contributed by atoms with Gasteiger partial charge in [-0.1, -0.05) is 66.2 Å². The van der Waals surface area contributed by atoms with Crippen molar-refractivity contribution in [3.05, 3.63) is 89.6 Å². The van der Waals surface area contributed by atoms with Gasteiger partial charge in [-0.05, 0) is 30.7 Å². The van der Waals surface area contributed by atoms with Crippen LogP contribution in [0, 0.1) is 6.92 Å². The Morgan fingerprint density at radius 2 is 1.63 bits per heavy atom. The topological polar surface area (TPSA) is 30.7 Å². The van der Waals surface area contributed by atoms with E-state index in [4.69, 9.17) is 16.7 Å². The molecule has 0 aliphatic rings. The Labute approximate surface area is 161 Å². The molecule has 2 aromatic heterocycles. The minimum atomic E-state index is 0.732. The normalized spacial score (nSPS) is 11.3. The molecule has 0 atom stereocenters. The Bertz CT molecular complexity index is 1290. The second-order valence-electron chi connectivity index (χ2n) is 6.60. The molecule has 0 saturated heterocycles. The van der Waals surface area contributed by atoms with Gasteiger partial charge in [0.1, 0.15) is 5.69 Å². The number of rotatable bonds is 2. The smallest absolute Gasteiger partial charge is 0.102 e. The molecule has 0 bridgehead atoms. The Balaban J connectivity index is 1.91. The number of nitrogens with zero attached hydrogens (tertiary/aromatic N) is 3. The SMILES string of the molecule is Cc1ccc(-n2nc(-c3ccccc3)c3cnc4ccccc4c32)cc1Cl. The number of aromatic nitrogens is 3. The van der Waals surface area contributed by atoms with Crippen LogP contribution in [0.2, 0.25) is 5.02 Å². The number of hydrogen-bond acceptors (Lipinski definition) is 2.